The third-order valence-corrected chi connectivity index (χ3v) is 7.43. The summed E-state index contributed by atoms with van der Waals surface area (Å²) < 4.78 is 2.22. The van der Waals surface area contributed by atoms with Crippen LogP contribution in [0.25, 0.3) is 0 Å². The lowest BCUT2D eigenvalue weighted by atomic mass is 10.1. The van der Waals surface area contributed by atoms with Crippen molar-refractivity contribution in [3.05, 3.63) is 56.2 Å². The van der Waals surface area contributed by atoms with E-state index in [2.05, 4.69) is 27.0 Å². The summed E-state index contributed by atoms with van der Waals surface area (Å²) in [5.41, 5.74) is 1.86. The number of aliphatic imine (C=N–C) groups is 1. The van der Waals surface area contributed by atoms with Crippen LogP contribution >= 0.6 is 50.8 Å². The first kappa shape index (κ1) is 18.0. The van der Waals surface area contributed by atoms with Crippen molar-refractivity contribution in [3.8, 4) is 0 Å². The van der Waals surface area contributed by atoms with Crippen molar-refractivity contribution in [2.75, 3.05) is 19.3 Å². The van der Waals surface area contributed by atoms with Crippen LogP contribution in [0.2, 0.25) is 0 Å². The average Bonchev–Trinajstić information content (AvgIpc) is 3.24. The normalized spacial score (nSPS) is 13.8. The smallest absolute Gasteiger partial charge is 0.254 e. The number of carbonyl (C=O) groups is 1. The van der Waals surface area contributed by atoms with E-state index in [-0.39, 0.29) is 5.91 Å². The summed E-state index contributed by atoms with van der Waals surface area (Å²) >= 11 is 8.65. The first-order valence-electron chi connectivity index (χ1n) is 7.51. The van der Waals surface area contributed by atoms with E-state index >= 15 is 0 Å². The van der Waals surface area contributed by atoms with Crippen LogP contribution in [-0.2, 0) is 12.3 Å². The third-order valence-electron chi connectivity index (χ3n) is 3.53. The van der Waals surface area contributed by atoms with E-state index in [0.717, 1.165) is 37.3 Å². The molecule has 1 aliphatic rings. The molecule has 0 saturated carbocycles. The topological polar surface area (TPSA) is 32.7 Å². The van der Waals surface area contributed by atoms with Gasteiger partial charge in [-0.3, -0.25) is 9.79 Å². The van der Waals surface area contributed by atoms with Gasteiger partial charge in [0.1, 0.15) is 4.38 Å². The number of thiophene rings is 1. The Balaban J connectivity index is 1.69. The fourth-order valence-electron chi connectivity index (χ4n) is 2.35. The summed E-state index contributed by atoms with van der Waals surface area (Å²) in [4.78, 5) is 20.3. The lowest BCUT2D eigenvalue weighted by molar-refractivity contribution is 0.0785. The fraction of sp³-hybridized carbons (Fsp3) is 0.294. The van der Waals surface area contributed by atoms with Gasteiger partial charge < -0.3 is 4.90 Å². The molecule has 2 heterocycles. The highest BCUT2D eigenvalue weighted by Gasteiger charge is 2.17. The van der Waals surface area contributed by atoms with Gasteiger partial charge in [-0.25, -0.2) is 0 Å². The van der Waals surface area contributed by atoms with Gasteiger partial charge >= 0.3 is 0 Å². The van der Waals surface area contributed by atoms with E-state index in [9.17, 15) is 4.79 Å². The van der Waals surface area contributed by atoms with E-state index < -0.39 is 0 Å². The molecule has 126 valence electrons. The maximum absolute atomic E-state index is 12.8. The van der Waals surface area contributed by atoms with Crippen LogP contribution in [0.15, 0.2) is 45.2 Å². The molecule has 0 fully saturated rings. The van der Waals surface area contributed by atoms with Gasteiger partial charge in [-0.15, -0.1) is 11.3 Å². The number of hydrogen-bond acceptors (Lipinski definition) is 5. The largest absolute Gasteiger partial charge is 0.337 e. The molecular formula is C17H17BrN2OS3. The molecule has 0 aliphatic carbocycles. The molecule has 1 aromatic heterocycles. The molecule has 0 bridgehead atoms. The zero-order valence-corrected chi connectivity index (χ0v) is 17.2. The molecule has 2 aromatic rings. The number of nitrogens with zero attached hydrogens (tertiary/aromatic N) is 2. The summed E-state index contributed by atoms with van der Waals surface area (Å²) in [7, 11) is 1.86. The lowest BCUT2D eigenvalue weighted by Crippen LogP contribution is -2.26. The maximum Gasteiger partial charge on any atom is 0.254 e. The van der Waals surface area contributed by atoms with Gasteiger partial charge in [0.15, 0.2) is 0 Å². The van der Waals surface area contributed by atoms with E-state index in [1.165, 1.54) is 4.88 Å². The molecular weight excluding hydrogens is 424 g/mol. The van der Waals surface area contributed by atoms with Crippen molar-refractivity contribution in [3.63, 3.8) is 0 Å². The molecule has 0 saturated heterocycles. The van der Waals surface area contributed by atoms with Crippen LogP contribution in [0.1, 0.15) is 20.8 Å². The first-order valence-corrected chi connectivity index (χ1v) is 11.1. The Morgan fingerprint density at radius 3 is 2.88 bits per heavy atom. The third kappa shape index (κ3) is 4.65. The zero-order valence-electron chi connectivity index (χ0n) is 13.2. The summed E-state index contributed by atoms with van der Waals surface area (Å²) in [6.07, 6.45) is 0. The van der Waals surface area contributed by atoms with Gasteiger partial charge in [-0.1, -0.05) is 41.7 Å². The molecule has 1 aliphatic heterocycles. The number of carbonyl (C=O) groups excluding carboxylic acids is 1. The summed E-state index contributed by atoms with van der Waals surface area (Å²) in [6, 6.07) is 11.9. The lowest BCUT2D eigenvalue weighted by Gasteiger charge is -2.18. The van der Waals surface area contributed by atoms with Gasteiger partial charge in [0.2, 0.25) is 0 Å². The Kier molecular flexibility index (Phi) is 6.43. The molecule has 7 heteroatoms. The fourth-order valence-corrected chi connectivity index (χ4v) is 5.89. The molecule has 1 amide bonds. The minimum Gasteiger partial charge on any atom is -0.337 e. The number of amides is 1. The second-order valence-corrected chi connectivity index (χ2v) is 10.2. The van der Waals surface area contributed by atoms with E-state index in [4.69, 9.17) is 0 Å². The van der Waals surface area contributed by atoms with Crippen LogP contribution in [0.4, 0.5) is 0 Å². The van der Waals surface area contributed by atoms with Crippen molar-refractivity contribution < 1.29 is 4.79 Å². The molecule has 3 nitrogen and oxygen atoms in total. The summed E-state index contributed by atoms with van der Waals surface area (Å²) in [5.74, 6) is 1.92. The Morgan fingerprint density at radius 1 is 1.33 bits per heavy atom. The molecule has 1 aromatic carbocycles. The second-order valence-electron chi connectivity index (χ2n) is 5.31. The monoisotopic (exact) mass is 440 g/mol. The minimum absolute atomic E-state index is 0.0664. The van der Waals surface area contributed by atoms with Gasteiger partial charge in [0.25, 0.3) is 5.91 Å². The Bertz CT molecular complexity index is 760. The van der Waals surface area contributed by atoms with E-state index in [1.54, 1.807) is 39.8 Å². The predicted molar refractivity (Wildman–Crippen MR) is 110 cm³/mol. The summed E-state index contributed by atoms with van der Waals surface area (Å²) in [6.45, 7) is 1.53. The van der Waals surface area contributed by atoms with Crippen LogP contribution in [0, 0.1) is 0 Å². The predicted octanol–water partition coefficient (Wildman–Crippen LogP) is 5.12. The Hall–Kier alpha value is -0.760. The minimum atomic E-state index is 0.0664. The average molecular weight is 441 g/mol. The molecule has 0 unspecified atom stereocenters. The van der Waals surface area contributed by atoms with Crippen molar-refractivity contribution in [1.29, 1.82) is 0 Å². The highest BCUT2D eigenvalue weighted by Crippen LogP contribution is 2.27. The SMILES string of the molecule is CN(Cc1ccc(Br)s1)C(=O)c1ccccc1CSC1=NCCS1. The standard InChI is InChI=1S/C17H17BrN2OS3/c1-20(10-13-6-7-15(18)24-13)16(21)14-5-3-2-4-12(14)11-23-17-19-8-9-22-17/h2-7H,8-11H2,1H3. The van der Waals surface area contributed by atoms with Gasteiger partial charge in [0, 0.05) is 29.0 Å². The van der Waals surface area contributed by atoms with E-state index in [0.29, 0.717) is 6.54 Å². The molecule has 0 atom stereocenters. The van der Waals surface area contributed by atoms with Crippen LogP contribution in [0.3, 0.4) is 0 Å². The number of benzene rings is 1. The highest BCUT2D eigenvalue weighted by atomic mass is 79.9. The van der Waals surface area contributed by atoms with Crippen LogP contribution in [0.5, 0.6) is 0 Å². The van der Waals surface area contributed by atoms with Gasteiger partial charge in [-0.05, 0) is 39.7 Å². The van der Waals surface area contributed by atoms with Gasteiger partial charge in [0.05, 0.1) is 16.9 Å². The highest BCUT2D eigenvalue weighted by molar-refractivity contribution is 9.11. The number of halogens is 1. The second kappa shape index (κ2) is 8.56. The van der Waals surface area contributed by atoms with Crippen molar-refractivity contribution in [2.45, 2.75) is 12.3 Å². The van der Waals surface area contributed by atoms with Crippen LogP contribution in [-0.4, -0.2) is 34.5 Å². The molecule has 3 rings (SSSR count). The Morgan fingerprint density at radius 2 is 2.17 bits per heavy atom. The van der Waals surface area contributed by atoms with Crippen molar-refractivity contribution in [1.82, 2.24) is 4.90 Å². The Labute approximate surface area is 163 Å². The van der Waals surface area contributed by atoms with Crippen molar-refractivity contribution in [2.24, 2.45) is 4.99 Å². The quantitative estimate of drug-likeness (QED) is 0.646. The van der Waals surface area contributed by atoms with Crippen molar-refractivity contribution >= 4 is 61.1 Å². The van der Waals surface area contributed by atoms with Crippen LogP contribution < -0.4 is 0 Å². The van der Waals surface area contributed by atoms with E-state index in [1.807, 2.05) is 37.4 Å². The zero-order chi connectivity index (χ0) is 16.9. The molecule has 0 N–H and O–H groups in total. The number of rotatable bonds is 5. The first-order chi connectivity index (χ1) is 11.6. The summed E-state index contributed by atoms with van der Waals surface area (Å²) in [5, 5.41) is 0. The molecule has 0 spiro atoms. The van der Waals surface area contributed by atoms with Gasteiger partial charge in [-0.2, -0.15) is 0 Å². The maximum atomic E-state index is 12.8. The molecule has 24 heavy (non-hydrogen) atoms. The number of thioether (sulfide) groups is 2. The number of hydrogen-bond donors (Lipinski definition) is 0. The molecule has 0 radical (unpaired) electrons.